The Hall–Kier alpha value is -0.800. The lowest BCUT2D eigenvalue weighted by atomic mass is 9.78. The molecule has 1 aromatic rings. The Balaban J connectivity index is 2.56. The van der Waals surface area contributed by atoms with E-state index in [0.717, 1.165) is 25.7 Å². The number of rotatable bonds is 3. The minimum atomic E-state index is -0.354. The minimum absolute atomic E-state index is 0.240. The molecule has 1 fully saturated rings. The average molecular weight is 258 g/mol. The van der Waals surface area contributed by atoms with E-state index in [-0.39, 0.29) is 17.0 Å². The molecule has 0 heterocycles. The molecule has 0 aromatic heterocycles. The summed E-state index contributed by atoms with van der Waals surface area (Å²) in [4.78, 5) is 0. The molecular formula is C13H17ClFNO. The van der Waals surface area contributed by atoms with Crippen molar-refractivity contribution >= 4 is 11.6 Å². The molecule has 94 valence electrons. The van der Waals surface area contributed by atoms with Crippen LogP contribution in [-0.2, 0) is 5.41 Å². The first-order valence-corrected chi connectivity index (χ1v) is 6.25. The van der Waals surface area contributed by atoms with Gasteiger partial charge in [-0.25, -0.2) is 4.39 Å². The molecule has 2 N–H and O–H groups in total. The number of halogens is 2. The first kappa shape index (κ1) is 12.7. The highest BCUT2D eigenvalue weighted by Crippen LogP contribution is 2.45. The molecule has 1 saturated carbocycles. The van der Waals surface area contributed by atoms with Crippen LogP contribution in [0.5, 0.6) is 5.75 Å². The highest BCUT2D eigenvalue weighted by Gasteiger charge is 2.39. The van der Waals surface area contributed by atoms with E-state index >= 15 is 0 Å². The molecule has 2 rings (SSSR count). The zero-order valence-corrected chi connectivity index (χ0v) is 10.7. The summed E-state index contributed by atoms with van der Waals surface area (Å²) in [6.07, 6.45) is 3.94. The molecule has 0 unspecified atom stereocenters. The molecule has 1 aromatic carbocycles. The molecule has 1 aliphatic carbocycles. The van der Waals surface area contributed by atoms with Crippen molar-refractivity contribution in [2.75, 3.05) is 13.7 Å². The van der Waals surface area contributed by atoms with Crippen LogP contribution in [0.15, 0.2) is 12.1 Å². The smallest absolute Gasteiger partial charge is 0.170 e. The van der Waals surface area contributed by atoms with E-state index in [1.54, 1.807) is 12.1 Å². The van der Waals surface area contributed by atoms with Crippen LogP contribution in [0.1, 0.15) is 31.2 Å². The number of ether oxygens (including phenoxy) is 1. The van der Waals surface area contributed by atoms with Gasteiger partial charge in [-0.1, -0.05) is 24.4 Å². The molecule has 0 spiro atoms. The van der Waals surface area contributed by atoms with Gasteiger partial charge in [0.25, 0.3) is 0 Å². The van der Waals surface area contributed by atoms with E-state index in [9.17, 15) is 4.39 Å². The van der Waals surface area contributed by atoms with Gasteiger partial charge >= 0.3 is 0 Å². The number of methoxy groups -OCH3 is 1. The van der Waals surface area contributed by atoms with Gasteiger partial charge in [-0.15, -0.1) is 0 Å². The zero-order chi connectivity index (χ0) is 12.5. The molecule has 1 aliphatic rings. The van der Waals surface area contributed by atoms with E-state index in [4.69, 9.17) is 22.1 Å². The molecular weight excluding hydrogens is 241 g/mol. The largest absolute Gasteiger partial charge is 0.494 e. The molecule has 4 heteroatoms. The molecule has 0 atom stereocenters. The Bertz CT molecular complexity index is 416. The standard InChI is InChI=1S/C13H17ClFNO/c1-17-10-5-4-9(14)11(12(10)15)13(8-16)6-2-3-7-13/h4-5H,2-3,6-8,16H2,1H3. The van der Waals surface area contributed by atoms with Gasteiger partial charge in [0.1, 0.15) is 0 Å². The fourth-order valence-electron chi connectivity index (χ4n) is 2.79. The van der Waals surface area contributed by atoms with Crippen LogP contribution < -0.4 is 10.5 Å². The number of hydrogen-bond acceptors (Lipinski definition) is 2. The third kappa shape index (κ3) is 2.02. The Morgan fingerprint density at radius 2 is 2.06 bits per heavy atom. The first-order chi connectivity index (χ1) is 8.14. The molecule has 17 heavy (non-hydrogen) atoms. The quantitative estimate of drug-likeness (QED) is 0.902. The molecule has 2 nitrogen and oxygen atoms in total. The van der Waals surface area contributed by atoms with Gasteiger partial charge in [-0.05, 0) is 25.0 Å². The van der Waals surface area contributed by atoms with Crippen molar-refractivity contribution in [2.24, 2.45) is 5.73 Å². The molecule has 0 saturated heterocycles. The number of benzene rings is 1. The zero-order valence-electron chi connectivity index (χ0n) is 9.93. The third-order valence-corrected chi connectivity index (χ3v) is 4.07. The molecule has 0 aliphatic heterocycles. The van der Waals surface area contributed by atoms with E-state index < -0.39 is 0 Å². The topological polar surface area (TPSA) is 35.2 Å². The average Bonchev–Trinajstić information content (AvgIpc) is 2.79. The Morgan fingerprint density at radius 1 is 1.41 bits per heavy atom. The summed E-state index contributed by atoms with van der Waals surface area (Å²) in [6.45, 7) is 0.427. The van der Waals surface area contributed by atoms with Crippen LogP contribution >= 0.6 is 11.6 Å². The van der Waals surface area contributed by atoms with E-state index in [2.05, 4.69) is 0 Å². The van der Waals surface area contributed by atoms with Crippen molar-refractivity contribution in [3.8, 4) is 5.75 Å². The molecule has 0 bridgehead atoms. The first-order valence-electron chi connectivity index (χ1n) is 5.87. The third-order valence-electron chi connectivity index (χ3n) is 3.76. The summed E-state index contributed by atoms with van der Waals surface area (Å²) in [5, 5.41) is 0.454. The van der Waals surface area contributed by atoms with Gasteiger partial charge < -0.3 is 10.5 Å². The summed E-state index contributed by atoms with van der Waals surface area (Å²) in [6, 6.07) is 3.24. The second-order valence-electron chi connectivity index (χ2n) is 4.63. The van der Waals surface area contributed by atoms with Crippen LogP contribution in [0.3, 0.4) is 0 Å². The second-order valence-corrected chi connectivity index (χ2v) is 5.04. The van der Waals surface area contributed by atoms with Gasteiger partial charge in [0.15, 0.2) is 11.6 Å². The second kappa shape index (κ2) is 4.83. The Labute approximate surface area is 106 Å². The van der Waals surface area contributed by atoms with Gasteiger partial charge in [0.05, 0.1) is 7.11 Å². The lowest BCUT2D eigenvalue weighted by Gasteiger charge is -2.29. The monoisotopic (exact) mass is 257 g/mol. The Kier molecular flexibility index (Phi) is 3.59. The van der Waals surface area contributed by atoms with Crippen LogP contribution in [-0.4, -0.2) is 13.7 Å². The van der Waals surface area contributed by atoms with Crippen molar-refractivity contribution < 1.29 is 9.13 Å². The lowest BCUT2D eigenvalue weighted by molar-refractivity contribution is 0.368. The van der Waals surface area contributed by atoms with Crippen molar-refractivity contribution in [1.82, 2.24) is 0 Å². The van der Waals surface area contributed by atoms with Crippen LogP contribution in [0.4, 0.5) is 4.39 Å². The maximum atomic E-state index is 14.4. The summed E-state index contributed by atoms with van der Waals surface area (Å²) in [5.74, 6) is -0.114. The summed E-state index contributed by atoms with van der Waals surface area (Å²) in [7, 11) is 1.46. The van der Waals surface area contributed by atoms with E-state index in [1.807, 2.05) is 0 Å². The van der Waals surface area contributed by atoms with Crippen molar-refractivity contribution in [3.05, 3.63) is 28.5 Å². The maximum absolute atomic E-state index is 14.4. The van der Waals surface area contributed by atoms with Gasteiger partial charge in [-0.3, -0.25) is 0 Å². The van der Waals surface area contributed by atoms with Crippen molar-refractivity contribution in [1.29, 1.82) is 0 Å². The maximum Gasteiger partial charge on any atom is 0.170 e. The fraction of sp³-hybridized carbons (Fsp3) is 0.538. The van der Waals surface area contributed by atoms with Crippen LogP contribution in [0.2, 0.25) is 5.02 Å². The highest BCUT2D eigenvalue weighted by molar-refractivity contribution is 6.31. The predicted octanol–water partition coefficient (Wildman–Crippen LogP) is 3.26. The lowest BCUT2D eigenvalue weighted by Crippen LogP contribution is -2.33. The van der Waals surface area contributed by atoms with Gasteiger partial charge in [0, 0.05) is 22.5 Å². The number of nitrogens with two attached hydrogens (primary N) is 1. The normalized spacial score (nSPS) is 18.4. The number of hydrogen-bond donors (Lipinski definition) is 1. The van der Waals surface area contributed by atoms with Crippen LogP contribution in [0.25, 0.3) is 0 Å². The fourth-order valence-corrected chi connectivity index (χ4v) is 3.13. The minimum Gasteiger partial charge on any atom is -0.494 e. The summed E-state index contributed by atoms with van der Waals surface area (Å²) < 4.78 is 19.4. The van der Waals surface area contributed by atoms with Crippen molar-refractivity contribution in [2.45, 2.75) is 31.1 Å². The van der Waals surface area contributed by atoms with Gasteiger partial charge in [0.2, 0.25) is 0 Å². The van der Waals surface area contributed by atoms with Crippen molar-refractivity contribution in [3.63, 3.8) is 0 Å². The predicted molar refractivity (Wildman–Crippen MR) is 67.2 cm³/mol. The summed E-state index contributed by atoms with van der Waals surface area (Å²) in [5.41, 5.74) is 6.09. The van der Waals surface area contributed by atoms with Gasteiger partial charge in [-0.2, -0.15) is 0 Å². The SMILES string of the molecule is COc1ccc(Cl)c(C2(CN)CCCC2)c1F. The summed E-state index contributed by atoms with van der Waals surface area (Å²) >= 11 is 6.16. The Morgan fingerprint density at radius 3 is 2.59 bits per heavy atom. The van der Waals surface area contributed by atoms with Crippen LogP contribution in [0, 0.1) is 5.82 Å². The van der Waals surface area contributed by atoms with E-state index in [1.165, 1.54) is 7.11 Å². The highest BCUT2D eigenvalue weighted by atomic mass is 35.5. The molecule has 0 radical (unpaired) electrons. The van der Waals surface area contributed by atoms with E-state index in [0.29, 0.717) is 17.1 Å². The molecule has 0 amide bonds.